The number of hydrogen-bond acceptors (Lipinski definition) is 3. The summed E-state index contributed by atoms with van der Waals surface area (Å²) in [6.07, 6.45) is -4.48. The Bertz CT molecular complexity index is 854. The predicted molar refractivity (Wildman–Crippen MR) is 93.9 cm³/mol. The van der Waals surface area contributed by atoms with Crippen molar-refractivity contribution in [2.24, 2.45) is 0 Å². The topological polar surface area (TPSA) is 73.2 Å². The molecule has 5 nitrogen and oxygen atoms in total. The number of rotatable bonds is 5. The molecule has 0 atom stereocenters. The van der Waals surface area contributed by atoms with E-state index in [2.05, 4.69) is 5.32 Å². The third-order valence-corrected chi connectivity index (χ3v) is 3.75. The number of anilines is 2. The second-order valence-corrected chi connectivity index (χ2v) is 5.70. The number of halogens is 3. The van der Waals surface area contributed by atoms with Crippen LogP contribution in [0.2, 0.25) is 0 Å². The first-order valence-electron chi connectivity index (χ1n) is 7.96. The van der Waals surface area contributed by atoms with Gasteiger partial charge in [-0.25, -0.2) is 0 Å². The number of carbonyl (C=O) groups is 2. The van der Waals surface area contributed by atoms with E-state index >= 15 is 0 Å². The number of amides is 2. The van der Waals surface area contributed by atoms with Crippen molar-refractivity contribution >= 4 is 23.2 Å². The molecule has 2 rings (SSSR count). The third-order valence-electron chi connectivity index (χ3n) is 3.75. The number of nitrogens with one attached hydrogen (secondary N) is 1. The van der Waals surface area contributed by atoms with Gasteiger partial charge in [0.05, 0.1) is 17.2 Å². The summed E-state index contributed by atoms with van der Waals surface area (Å²) in [7, 11) is 0. The summed E-state index contributed by atoms with van der Waals surface area (Å²) in [5.74, 6) is -0.711. The highest BCUT2D eigenvalue weighted by Gasteiger charge is 2.30. The minimum atomic E-state index is -4.44. The molecule has 0 saturated heterocycles. The Kier molecular flexibility index (Phi) is 6.19. The van der Waals surface area contributed by atoms with Crippen LogP contribution in [0.15, 0.2) is 48.5 Å². The maximum absolute atomic E-state index is 12.5. The second kappa shape index (κ2) is 8.36. The Morgan fingerprint density at radius 2 is 1.67 bits per heavy atom. The van der Waals surface area contributed by atoms with Crippen LogP contribution < -0.4 is 10.2 Å². The van der Waals surface area contributed by atoms with Gasteiger partial charge in [-0.2, -0.15) is 18.4 Å². The molecule has 0 aliphatic rings. The van der Waals surface area contributed by atoms with E-state index in [1.807, 2.05) is 6.07 Å². The highest BCUT2D eigenvalue weighted by Crippen LogP contribution is 2.29. The molecule has 8 heteroatoms. The van der Waals surface area contributed by atoms with E-state index in [9.17, 15) is 22.8 Å². The van der Waals surface area contributed by atoms with Crippen LogP contribution in [-0.2, 0) is 15.8 Å². The standard InChI is InChI=1S/C19H16F3N3O2/c1-13(26)25(17-8-2-14(12-23)3-9-17)11-10-18(27)24-16-6-4-15(5-7-16)19(20,21)22/h2-9H,10-11H2,1H3,(H,24,27). The zero-order valence-electron chi connectivity index (χ0n) is 14.4. The van der Waals surface area contributed by atoms with Crippen molar-refractivity contribution in [3.8, 4) is 6.07 Å². The Labute approximate surface area is 154 Å². The molecule has 0 aromatic heterocycles. The highest BCUT2D eigenvalue weighted by atomic mass is 19.4. The molecule has 0 radical (unpaired) electrons. The second-order valence-electron chi connectivity index (χ2n) is 5.70. The zero-order chi connectivity index (χ0) is 20.0. The van der Waals surface area contributed by atoms with Crippen LogP contribution in [-0.4, -0.2) is 18.4 Å². The number of nitrogens with zero attached hydrogens (tertiary/aromatic N) is 2. The van der Waals surface area contributed by atoms with E-state index in [-0.39, 0.29) is 24.6 Å². The Morgan fingerprint density at radius 3 is 2.15 bits per heavy atom. The van der Waals surface area contributed by atoms with Crippen LogP contribution in [0.5, 0.6) is 0 Å². The molecule has 0 aliphatic heterocycles. The van der Waals surface area contributed by atoms with Gasteiger partial charge in [0.1, 0.15) is 0 Å². The van der Waals surface area contributed by atoms with Crippen LogP contribution in [0.1, 0.15) is 24.5 Å². The van der Waals surface area contributed by atoms with E-state index in [1.165, 1.54) is 24.0 Å². The van der Waals surface area contributed by atoms with Crippen LogP contribution >= 0.6 is 0 Å². The molecular formula is C19H16F3N3O2. The number of benzene rings is 2. The van der Waals surface area contributed by atoms with Crippen molar-refractivity contribution < 1.29 is 22.8 Å². The minimum absolute atomic E-state index is 0.0411. The maximum atomic E-state index is 12.5. The SMILES string of the molecule is CC(=O)N(CCC(=O)Nc1ccc(C(F)(F)F)cc1)c1ccc(C#N)cc1. The third kappa shape index (κ3) is 5.57. The fourth-order valence-electron chi connectivity index (χ4n) is 2.36. The molecule has 2 aromatic rings. The molecule has 0 unspecified atom stereocenters. The van der Waals surface area contributed by atoms with Gasteiger partial charge in [-0.1, -0.05) is 0 Å². The maximum Gasteiger partial charge on any atom is 0.416 e. The van der Waals surface area contributed by atoms with Crippen LogP contribution in [0.25, 0.3) is 0 Å². The molecule has 27 heavy (non-hydrogen) atoms. The predicted octanol–water partition coefficient (Wildman–Crippen LogP) is 3.96. The average molecular weight is 375 g/mol. The lowest BCUT2D eigenvalue weighted by atomic mass is 10.2. The van der Waals surface area contributed by atoms with E-state index < -0.39 is 17.6 Å². The van der Waals surface area contributed by atoms with Crippen LogP contribution in [0, 0.1) is 11.3 Å². The number of nitriles is 1. The quantitative estimate of drug-likeness (QED) is 0.860. The summed E-state index contributed by atoms with van der Waals surface area (Å²) in [5.41, 5.74) is 0.427. The normalized spacial score (nSPS) is 10.8. The molecule has 0 heterocycles. The van der Waals surface area contributed by atoms with E-state index in [1.54, 1.807) is 24.3 Å². The van der Waals surface area contributed by atoms with Crippen molar-refractivity contribution in [1.29, 1.82) is 5.26 Å². The molecule has 0 fully saturated rings. The molecular weight excluding hydrogens is 359 g/mol. The minimum Gasteiger partial charge on any atom is -0.326 e. The van der Waals surface area contributed by atoms with Gasteiger partial charge in [-0.3, -0.25) is 9.59 Å². The Hall–Kier alpha value is -3.34. The van der Waals surface area contributed by atoms with Gasteiger partial charge >= 0.3 is 6.18 Å². The molecule has 0 saturated carbocycles. The van der Waals surface area contributed by atoms with Gasteiger partial charge in [-0.05, 0) is 48.5 Å². The van der Waals surface area contributed by atoms with Gasteiger partial charge < -0.3 is 10.2 Å². The van der Waals surface area contributed by atoms with Gasteiger partial charge in [-0.15, -0.1) is 0 Å². The van der Waals surface area contributed by atoms with Crippen molar-refractivity contribution in [3.05, 3.63) is 59.7 Å². The largest absolute Gasteiger partial charge is 0.416 e. The van der Waals surface area contributed by atoms with Crippen molar-refractivity contribution in [3.63, 3.8) is 0 Å². The van der Waals surface area contributed by atoms with Crippen LogP contribution in [0.4, 0.5) is 24.5 Å². The average Bonchev–Trinajstić information content (AvgIpc) is 2.62. The molecule has 0 bridgehead atoms. The smallest absolute Gasteiger partial charge is 0.326 e. The first kappa shape index (κ1) is 20.0. The molecule has 0 spiro atoms. The van der Waals surface area contributed by atoms with Gasteiger partial charge in [0, 0.05) is 31.3 Å². The molecule has 0 aliphatic carbocycles. The molecule has 1 N–H and O–H groups in total. The summed E-state index contributed by atoms with van der Waals surface area (Å²) < 4.78 is 37.6. The van der Waals surface area contributed by atoms with Crippen molar-refractivity contribution in [1.82, 2.24) is 0 Å². The number of alkyl halides is 3. The summed E-state index contributed by atoms with van der Waals surface area (Å²) in [6, 6.07) is 12.4. The molecule has 140 valence electrons. The van der Waals surface area contributed by atoms with E-state index in [4.69, 9.17) is 5.26 Å². The lowest BCUT2D eigenvalue weighted by molar-refractivity contribution is -0.137. The first-order chi connectivity index (χ1) is 12.7. The lowest BCUT2D eigenvalue weighted by Crippen LogP contribution is -2.31. The molecule has 2 amide bonds. The Balaban J connectivity index is 1.97. The van der Waals surface area contributed by atoms with Gasteiger partial charge in [0.15, 0.2) is 0 Å². The first-order valence-corrected chi connectivity index (χ1v) is 7.96. The fraction of sp³-hybridized carbons (Fsp3) is 0.211. The monoisotopic (exact) mass is 375 g/mol. The van der Waals surface area contributed by atoms with Crippen LogP contribution in [0.3, 0.4) is 0 Å². The van der Waals surface area contributed by atoms with Gasteiger partial charge in [0.2, 0.25) is 11.8 Å². The highest BCUT2D eigenvalue weighted by molar-refractivity contribution is 5.94. The zero-order valence-corrected chi connectivity index (χ0v) is 14.4. The lowest BCUT2D eigenvalue weighted by Gasteiger charge is -2.21. The van der Waals surface area contributed by atoms with Crippen molar-refractivity contribution in [2.75, 3.05) is 16.8 Å². The summed E-state index contributed by atoms with van der Waals surface area (Å²) in [4.78, 5) is 25.2. The number of carbonyl (C=O) groups excluding carboxylic acids is 2. The van der Waals surface area contributed by atoms with Gasteiger partial charge in [0.25, 0.3) is 0 Å². The fourth-order valence-corrected chi connectivity index (χ4v) is 2.36. The van der Waals surface area contributed by atoms with E-state index in [0.717, 1.165) is 12.1 Å². The van der Waals surface area contributed by atoms with Crippen molar-refractivity contribution in [2.45, 2.75) is 19.5 Å². The Morgan fingerprint density at radius 1 is 1.07 bits per heavy atom. The summed E-state index contributed by atoms with van der Waals surface area (Å²) in [6.45, 7) is 1.44. The van der Waals surface area contributed by atoms with E-state index in [0.29, 0.717) is 11.3 Å². The summed E-state index contributed by atoms with van der Waals surface area (Å²) in [5, 5.41) is 11.3. The number of hydrogen-bond donors (Lipinski definition) is 1. The summed E-state index contributed by atoms with van der Waals surface area (Å²) >= 11 is 0. The molecule has 2 aromatic carbocycles.